The molecule has 4 rings (SSSR count). The Labute approximate surface area is 180 Å². The molecular formula is C20H21ClN2O8. The largest absolute Gasteiger partial charge is 0.508 e. The average molecular weight is 453 g/mol. The fourth-order valence-corrected chi connectivity index (χ4v) is 5.82. The Bertz CT molecular complexity index is 1090. The summed E-state index contributed by atoms with van der Waals surface area (Å²) >= 11 is 6.05. The third-order valence-corrected chi connectivity index (χ3v) is 7.36. The highest BCUT2D eigenvalue weighted by Crippen LogP contribution is 2.57. The molecule has 5 unspecified atom stereocenters. The Balaban J connectivity index is 1.96. The summed E-state index contributed by atoms with van der Waals surface area (Å²) in [6.07, 6.45) is -4.18. The molecule has 0 saturated heterocycles. The lowest BCUT2D eigenvalue weighted by molar-refractivity contribution is -0.209. The zero-order valence-electron chi connectivity index (χ0n) is 16.2. The number of Topliss-reactive ketones (excluding diaryl/α,β-unsaturated/α-hetero) is 2. The van der Waals surface area contributed by atoms with E-state index in [9.17, 15) is 39.9 Å². The predicted molar refractivity (Wildman–Crippen MR) is 106 cm³/mol. The van der Waals surface area contributed by atoms with Gasteiger partial charge >= 0.3 is 0 Å². The lowest BCUT2D eigenvalue weighted by Gasteiger charge is -2.56. The fraction of sp³-hybridized carbons (Fsp3) is 0.450. The maximum atomic E-state index is 13.3. The van der Waals surface area contributed by atoms with Crippen LogP contribution in [0.3, 0.4) is 0 Å². The van der Waals surface area contributed by atoms with E-state index in [1.165, 1.54) is 0 Å². The summed E-state index contributed by atoms with van der Waals surface area (Å²) in [7, 11) is 0. The van der Waals surface area contributed by atoms with Gasteiger partial charge in [0.05, 0.1) is 28.3 Å². The van der Waals surface area contributed by atoms with E-state index < -0.39 is 82.5 Å². The molecule has 7 atom stereocenters. The zero-order chi connectivity index (χ0) is 23.2. The number of fused-ring (bicyclic) bond motifs is 3. The van der Waals surface area contributed by atoms with Crippen molar-refractivity contribution in [3.05, 3.63) is 33.5 Å². The number of anilines is 1. The SMILES string of the molecule is C[C@@H]1c2c(N)c(Cl)cc(O)c2C(=O)C2C1[C@H](O)C1CC(=O)C(C(N)=O)=C(O)C1(O)C2O. The Morgan fingerprint density at radius 1 is 1.26 bits per heavy atom. The quantitative estimate of drug-likeness (QED) is 0.166. The number of nitrogen functional groups attached to an aromatic ring is 1. The van der Waals surface area contributed by atoms with E-state index in [1.54, 1.807) is 6.92 Å². The number of primary amides is 1. The average Bonchev–Trinajstić information content (AvgIpc) is 2.67. The first kappa shape index (κ1) is 21.6. The number of aromatic hydroxyl groups is 1. The van der Waals surface area contributed by atoms with Gasteiger partial charge in [-0.05, 0) is 11.5 Å². The minimum absolute atomic E-state index is 0.00350. The van der Waals surface area contributed by atoms with Crippen molar-refractivity contribution in [1.29, 1.82) is 0 Å². The smallest absolute Gasteiger partial charge is 0.255 e. The summed E-state index contributed by atoms with van der Waals surface area (Å²) < 4.78 is 0. The molecule has 1 amide bonds. The molecule has 1 saturated carbocycles. The lowest BCUT2D eigenvalue weighted by Crippen LogP contribution is -2.69. The van der Waals surface area contributed by atoms with E-state index in [-0.39, 0.29) is 21.8 Å². The van der Waals surface area contributed by atoms with Crippen LogP contribution in [0, 0.1) is 17.8 Å². The van der Waals surface area contributed by atoms with Gasteiger partial charge in [-0.15, -0.1) is 0 Å². The van der Waals surface area contributed by atoms with Crippen molar-refractivity contribution in [3.8, 4) is 5.75 Å². The van der Waals surface area contributed by atoms with E-state index in [0.717, 1.165) is 6.07 Å². The normalized spacial score (nSPS) is 37.2. The number of aliphatic hydroxyl groups excluding tert-OH is 3. The molecular weight excluding hydrogens is 432 g/mol. The highest BCUT2D eigenvalue weighted by atomic mass is 35.5. The maximum absolute atomic E-state index is 13.3. The van der Waals surface area contributed by atoms with E-state index in [2.05, 4.69) is 0 Å². The van der Waals surface area contributed by atoms with Gasteiger partial charge in [0, 0.05) is 24.3 Å². The van der Waals surface area contributed by atoms with Crippen LogP contribution in [-0.2, 0) is 9.59 Å². The van der Waals surface area contributed by atoms with E-state index in [1.807, 2.05) is 0 Å². The molecule has 0 radical (unpaired) electrons. The number of carbonyl (C=O) groups is 3. The van der Waals surface area contributed by atoms with Crippen molar-refractivity contribution >= 4 is 34.8 Å². The van der Waals surface area contributed by atoms with Gasteiger partial charge in [-0.1, -0.05) is 18.5 Å². The van der Waals surface area contributed by atoms with Crippen LogP contribution in [0.4, 0.5) is 5.69 Å². The second-order valence-corrected chi connectivity index (χ2v) is 8.83. The Morgan fingerprint density at radius 2 is 1.87 bits per heavy atom. The van der Waals surface area contributed by atoms with Crippen molar-refractivity contribution in [1.82, 2.24) is 0 Å². The second kappa shape index (κ2) is 6.67. The van der Waals surface area contributed by atoms with Crippen LogP contribution in [-0.4, -0.2) is 60.8 Å². The number of benzene rings is 1. The molecule has 1 aromatic rings. The number of ketones is 2. The summed E-state index contributed by atoms with van der Waals surface area (Å²) in [4.78, 5) is 37.4. The molecule has 1 fully saturated rings. The molecule has 3 aliphatic rings. The van der Waals surface area contributed by atoms with Gasteiger partial charge in [-0.2, -0.15) is 0 Å². The molecule has 0 aliphatic heterocycles. The number of halogens is 1. The molecule has 0 bridgehead atoms. The summed E-state index contributed by atoms with van der Waals surface area (Å²) in [6.45, 7) is 1.60. The molecule has 1 aromatic carbocycles. The standard InChI is InChI=1S/C20H21ClN2O8/c1-4-9-11(8(25)3-6(21)14(9)22)16(27)13-10(4)15(26)5-2-7(24)12(19(23)30)17(28)20(5,31)18(13)29/h3-5,10,13,15,18,25-26,28-29,31H,2,22H2,1H3,(H2,23,30)/t4-,5?,10?,13?,15-,18?,20?/m1/s1. The molecule has 11 heteroatoms. The van der Waals surface area contributed by atoms with Crippen LogP contribution >= 0.6 is 11.6 Å². The first-order chi connectivity index (χ1) is 14.3. The number of hydrogen-bond donors (Lipinski definition) is 7. The summed E-state index contributed by atoms with van der Waals surface area (Å²) in [6, 6.07) is 1.08. The Hall–Kier alpha value is -2.66. The van der Waals surface area contributed by atoms with Gasteiger partial charge < -0.3 is 37.0 Å². The number of phenols is 1. The number of aliphatic hydroxyl groups is 4. The predicted octanol–water partition coefficient (Wildman–Crippen LogP) is -0.487. The second-order valence-electron chi connectivity index (χ2n) is 8.42. The molecule has 10 nitrogen and oxygen atoms in total. The summed E-state index contributed by atoms with van der Waals surface area (Å²) in [5.41, 5.74) is 7.61. The summed E-state index contributed by atoms with van der Waals surface area (Å²) in [5, 5.41) is 54.4. The number of rotatable bonds is 1. The zero-order valence-corrected chi connectivity index (χ0v) is 17.0. The Kier molecular flexibility index (Phi) is 4.64. The summed E-state index contributed by atoms with van der Waals surface area (Å²) in [5.74, 6) is -9.39. The van der Waals surface area contributed by atoms with Crippen LogP contribution in [0.1, 0.15) is 35.2 Å². The third kappa shape index (κ3) is 2.53. The number of hydrogen-bond acceptors (Lipinski definition) is 9. The first-order valence-electron chi connectivity index (χ1n) is 9.55. The van der Waals surface area contributed by atoms with Gasteiger partial charge in [-0.25, -0.2) is 0 Å². The minimum Gasteiger partial charge on any atom is -0.508 e. The third-order valence-electron chi connectivity index (χ3n) is 7.04. The molecule has 9 N–H and O–H groups in total. The number of phenolic OH excluding ortho intramolecular Hbond substituents is 1. The van der Waals surface area contributed by atoms with Gasteiger partial charge in [-0.3, -0.25) is 14.4 Å². The highest BCUT2D eigenvalue weighted by molar-refractivity contribution is 6.33. The highest BCUT2D eigenvalue weighted by Gasteiger charge is 2.67. The fourth-order valence-electron chi connectivity index (χ4n) is 5.61. The van der Waals surface area contributed by atoms with Crippen molar-refractivity contribution in [2.24, 2.45) is 23.5 Å². The first-order valence-corrected chi connectivity index (χ1v) is 9.93. The topological polar surface area (TPSA) is 204 Å². The van der Waals surface area contributed by atoms with E-state index in [4.69, 9.17) is 23.1 Å². The molecule has 166 valence electrons. The van der Waals surface area contributed by atoms with Crippen LogP contribution in [0.25, 0.3) is 0 Å². The number of nitrogens with two attached hydrogens (primary N) is 2. The molecule has 3 aliphatic carbocycles. The van der Waals surface area contributed by atoms with Crippen molar-refractivity contribution in [2.45, 2.75) is 37.1 Å². The van der Waals surface area contributed by atoms with Crippen LogP contribution < -0.4 is 11.5 Å². The maximum Gasteiger partial charge on any atom is 0.255 e. The Morgan fingerprint density at radius 3 is 2.45 bits per heavy atom. The number of carbonyl (C=O) groups excluding carboxylic acids is 3. The number of amides is 1. The van der Waals surface area contributed by atoms with Gasteiger partial charge in [0.25, 0.3) is 5.91 Å². The van der Waals surface area contributed by atoms with Crippen molar-refractivity contribution in [2.75, 3.05) is 5.73 Å². The molecule has 0 heterocycles. The van der Waals surface area contributed by atoms with Gasteiger partial charge in [0.15, 0.2) is 17.2 Å². The minimum atomic E-state index is -2.68. The van der Waals surface area contributed by atoms with Crippen molar-refractivity contribution < 1.29 is 39.9 Å². The van der Waals surface area contributed by atoms with Crippen LogP contribution in [0.5, 0.6) is 5.75 Å². The monoisotopic (exact) mass is 452 g/mol. The van der Waals surface area contributed by atoms with Gasteiger partial charge in [0.2, 0.25) is 0 Å². The lowest BCUT2D eigenvalue weighted by atomic mass is 9.51. The molecule has 0 aromatic heterocycles. The molecule has 31 heavy (non-hydrogen) atoms. The van der Waals surface area contributed by atoms with E-state index in [0.29, 0.717) is 0 Å². The van der Waals surface area contributed by atoms with E-state index >= 15 is 0 Å². The van der Waals surface area contributed by atoms with Crippen LogP contribution in [0.2, 0.25) is 5.02 Å². The van der Waals surface area contributed by atoms with Crippen LogP contribution in [0.15, 0.2) is 17.4 Å². The molecule has 0 spiro atoms. The van der Waals surface area contributed by atoms with Crippen molar-refractivity contribution in [3.63, 3.8) is 0 Å². The van der Waals surface area contributed by atoms with Gasteiger partial charge in [0.1, 0.15) is 23.2 Å².